The minimum Gasteiger partial charge on any atom is -0.451 e. The summed E-state index contributed by atoms with van der Waals surface area (Å²) in [7, 11) is 0. The molecule has 0 aliphatic rings. The Bertz CT molecular complexity index is 1340. The molecule has 1 aromatic heterocycles. The predicted octanol–water partition coefficient (Wildman–Crippen LogP) is 5.65. The Balaban J connectivity index is 1.64. The highest BCUT2D eigenvalue weighted by Crippen LogP contribution is 2.31. The molecule has 0 aliphatic carbocycles. The van der Waals surface area contributed by atoms with Crippen LogP contribution < -0.4 is 0 Å². The Morgan fingerprint density at radius 1 is 0.941 bits per heavy atom. The Kier molecular flexibility index (Phi) is 6.47. The first kappa shape index (κ1) is 23.2. The molecular weight excluding hydrogens is 471 g/mol. The maximum atomic E-state index is 13.2. The molecule has 0 bridgehead atoms. The molecule has 0 saturated carbocycles. The van der Waals surface area contributed by atoms with Crippen LogP contribution in [-0.2, 0) is 10.9 Å². The van der Waals surface area contributed by atoms with Gasteiger partial charge in [0.25, 0.3) is 5.82 Å². The Hall–Kier alpha value is -3.98. The van der Waals surface area contributed by atoms with Crippen molar-refractivity contribution < 1.29 is 27.5 Å². The first-order valence-electron chi connectivity index (χ1n) is 9.88. The van der Waals surface area contributed by atoms with Crippen LogP contribution >= 0.6 is 11.6 Å². The molecule has 10 heteroatoms. The zero-order valence-corrected chi connectivity index (χ0v) is 18.0. The maximum Gasteiger partial charge on any atom is 0.416 e. The van der Waals surface area contributed by atoms with Crippen LogP contribution in [0.25, 0.3) is 17.1 Å². The van der Waals surface area contributed by atoms with Gasteiger partial charge in [0.2, 0.25) is 0 Å². The third-order valence-electron chi connectivity index (χ3n) is 4.74. The van der Waals surface area contributed by atoms with Gasteiger partial charge in [-0.3, -0.25) is 4.79 Å². The summed E-state index contributed by atoms with van der Waals surface area (Å²) in [6, 6.07) is 19.0. The number of carbonyl (C=O) groups excluding carboxylic acids is 2. The molecule has 0 N–H and O–H groups in total. The lowest BCUT2D eigenvalue weighted by Gasteiger charge is -2.10. The van der Waals surface area contributed by atoms with Crippen molar-refractivity contribution in [1.29, 1.82) is 0 Å². The number of benzene rings is 3. The predicted molar refractivity (Wildman–Crippen MR) is 118 cm³/mol. The molecule has 172 valence electrons. The normalized spacial score (nSPS) is 11.3. The Labute approximate surface area is 196 Å². The summed E-state index contributed by atoms with van der Waals surface area (Å²) in [6.07, 6.45) is -4.56. The summed E-state index contributed by atoms with van der Waals surface area (Å²) >= 11 is 5.80. The molecule has 4 rings (SSSR count). The minimum absolute atomic E-state index is 0.0532. The number of halogens is 4. The second-order valence-electron chi connectivity index (χ2n) is 7.09. The van der Waals surface area contributed by atoms with Crippen molar-refractivity contribution in [3.8, 4) is 17.1 Å². The van der Waals surface area contributed by atoms with Gasteiger partial charge in [0.15, 0.2) is 18.2 Å². The number of alkyl halides is 3. The van der Waals surface area contributed by atoms with Gasteiger partial charge in [0, 0.05) is 16.1 Å². The van der Waals surface area contributed by atoms with Crippen LogP contribution in [0.3, 0.4) is 0 Å². The fraction of sp³-hybridized carbons (Fsp3) is 0.0833. The average Bonchev–Trinajstić information content (AvgIpc) is 3.29. The summed E-state index contributed by atoms with van der Waals surface area (Å²) in [6.45, 7) is -0.570. The van der Waals surface area contributed by atoms with Crippen LogP contribution in [0.15, 0.2) is 78.9 Å². The molecule has 0 spiro atoms. The van der Waals surface area contributed by atoms with E-state index in [1.165, 1.54) is 36.4 Å². The molecule has 0 radical (unpaired) electrons. The van der Waals surface area contributed by atoms with E-state index in [-0.39, 0.29) is 11.5 Å². The van der Waals surface area contributed by atoms with Crippen LogP contribution in [0.1, 0.15) is 26.5 Å². The first-order chi connectivity index (χ1) is 16.2. The largest absolute Gasteiger partial charge is 0.451 e. The van der Waals surface area contributed by atoms with Gasteiger partial charge >= 0.3 is 12.1 Å². The lowest BCUT2D eigenvalue weighted by Crippen LogP contribution is -2.15. The molecule has 0 amide bonds. The van der Waals surface area contributed by atoms with Gasteiger partial charge in [-0.1, -0.05) is 48.0 Å². The van der Waals surface area contributed by atoms with Crippen molar-refractivity contribution >= 4 is 23.4 Å². The Morgan fingerprint density at radius 3 is 2.32 bits per heavy atom. The van der Waals surface area contributed by atoms with Gasteiger partial charge in [-0.15, -0.1) is 5.10 Å². The van der Waals surface area contributed by atoms with Gasteiger partial charge in [-0.05, 0) is 42.5 Å². The van der Waals surface area contributed by atoms with Crippen molar-refractivity contribution in [2.45, 2.75) is 6.18 Å². The van der Waals surface area contributed by atoms with Crippen molar-refractivity contribution in [3.05, 3.63) is 101 Å². The van der Waals surface area contributed by atoms with Crippen LogP contribution in [0.5, 0.6) is 0 Å². The third-order valence-corrected chi connectivity index (χ3v) is 4.99. The van der Waals surface area contributed by atoms with Gasteiger partial charge in [-0.25, -0.2) is 14.5 Å². The van der Waals surface area contributed by atoms with Gasteiger partial charge in [0.05, 0.1) is 11.3 Å². The standard InChI is InChI=1S/C24H15ClF3N3O3/c25-18-11-9-15(10-12-18)20(32)14-34-23(33)21-29-22(16-5-2-1-3-6-16)31(30-21)19-8-4-7-17(13-19)24(26,27)28/h1-13H,14H2. The molecule has 34 heavy (non-hydrogen) atoms. The van der Waals surface area contributed by atoms with E-state index in [2.05, 4.69) is 10.1 Å². The highest BCUT2D eigenvalue weighted by Gasteiger charge is 2.31. The minimum atomic E-state index is -4.56. The first-order valence-corrected chi connectivity index (χ1v) is 10.3. The number of rotatable bonds is 6. The second-order valence-corrected chi connectivity index (χ2v) is 7.53. The molecule has 0 fully saturated rings. The smallest absolute Gasteiger partial charge is 0.416 e. The average molecular weight is 486 g/mol. The monoisotopic (exact) mass is 485 g/mol. The quantitative estimate of drug-likeness (QED) is 0.261. The van der Waals surface area contributed by atoms with Crippen LogP contribution in [0.4, 0.5) is 13.2 Å². The number of hydrogen-bond donors (Lipinski definition) is 0. The zero-order valence-electron chi connectivity index (χ0n) is 17.3. The van der Waals surface area contributed by atoms with Crippen LogP contribution in [0.2, 0.25) is 5.02 Å². The molecule has 4 aromatic rings. The van der Waals surface area contributed by atoms with Crippen molar-refractivity contribution in [2.75, 3.05) is 6.61 Å². The van der Waals surface area contributed by atoms with E-state index in [0.717, 1.165) is 16.8 Å². The van der Waals surface area contributed by atoms with Gasteiger partial charge < -0.3 is 4.74 Å². The number of esters is 1. The molecular formula is C24H15ClF3N3O3. The topological polar surface area (TPSA) is 74.1 Å². The molecule has 0 aliphatic heterocycles. The van der Waals surface area contributed by atoms with Crippen molar-refractivity contribution in [3.63, 3.8) is 0 Å². The molecule has 1 heterocycles. The van der Waals surface area contributed by atoms with Gasteiger partial charge in [0.1, 0.15) is 0 Å². The summed E-state index contributed by atoms with van der Waals surface area (Å²) in [5, 5.41) is 4.53. The number of ether oxygens (including phenoxy) is 1. The number of aromatic nitrogens is 3. The Morgan fingerprint density at radius 2 is 1.65 bits per heavy atom. The number of Topliss-reactive ketones (excluding diaryl/α,β-unsaturated/α-hetero) is 1. The molecule has 0 saturated heterocycles. The van der Waals surface area contributed by atoms with E-state index < -0.39 is 35.9 Å². The summed E-state index contributed by atoms with van der Waals surface area (Å²) in [5.41, 5.74) is -0.0111. The lowest BCUT2D eigenvalue weighted by atomic mass is 10.1. The molecule has 6 nitrogen and oxygen atoms in total. The van der Waals surface area contributed by atoms with Crippen LogP contribution in [0, 0.1) is 0 Å². The van der Waals surface area contributed by atoms with E-state index in [1.807, 2.05) is 0 Å². The fourth-order valence-electron chi connectivity index (χ4n) is 3.08. The van der Waals surface area contributed by atoms with E-state index in [0.29, 0.717) is 16.1 Å². The van der Waals surface area contributed by atoms with Gasteiger partial charge in [-0.2, -0.15) is 13.2 Å². The van der Waals surface area contributed by atoms with Crippen molar-refractivity contribution in [1.82, 2.24) is 14.8 Å². The number of hydrogen-bond acceptors (Lipinski definition) is 5. The van der Waals surface area contributed by atoms with E-state index in [9.17, 15) is 22.8 Å². The van der Waals surface area contributed by atoms with E-state index >= 15 is 0 Å². The maximum absolute atomic E-state index is 13.2. The number of carbonyl (C=O) groups is 2. The molecule has 3 aromatic carbocycles. The van der Waals surface area contributed by atoms with E-state index in [1.54, 1.807) is 30.3 Å². The highest BCUT2D eigenvalue weighted by molar-refractivity contribution is 6.30. The molecule has 0 unspecified atom stereocenters. The van der Waals surface area contributed by atoms with Crippen LogP contribution in [-0.4, -0.2) is 33.1 Å². The van der Waals surface area contributed by atoms with Crippen molar-refractivity contribution in [2.24, 2.45) is 0 Å². The summed E-state index contributed by atoms with van der Waals surface area (Å²) in [5.74, 6) is -1.73. The highest BCUT2D eigenvalue weighted by atomic mass is 35.5. The summed E-state index contributed by atoms with van der Waals surface area (Å²) < 4.78 is 45.8. The zero-order chi connectivity index (χ0) is 24.3. The molecule has 0 atom stereocenters. The van der Waals surface area contributed by atoms with E-state index in [4.69, 9.17) is 16.3 Å². The number of ketones is 1. The number of nitrogens with zero attached hydrogens (tertiary/aromatic N) is 3. The second kappa shape index (κ2) is 9.48. The SMILES string of the molecule is O=C(COC(=O)c1nc(-c2ccccc2)n(-c2cccc(C(F)(F)F)c2)n1)c1ccc(Cl)cc1. The lowest BCUT2D eigenvalue weighted by molar-refractivity contribution is -0.137. The third kappa shape index (κ3) is 5.15. The summed E-state index contributed by atoms with van der Waals surface area (Å²) in [4.78, 5) is 29.0. The fourth-order valence-corrected chi connectivity index (χ4v) is 3.21.